The third-order valence-corrected chi connectivity index (χ3v) is 8.47. The van der Waals surface area contributed by atoms with Crippen LogP contribution in [0.25, 0.3) is 0 Å². The molecule has 0 radical (unpaired) electrons. The molecule has 2 saturated carbocycles. The molecule has 3 aliphatic carbocycles. The van der Waals surface area contributed by atoms with Gasteiger partial charge >= 0.3 is 0 Å². The zero-order valence-electron chi connectivity index (χ0n) is 22.3. The lowest BCUT2D eigenvalue weighted by Gasteiger charge is -2.48. The summed E-state index contributed by atoms with van der Waals surface area (Å²) in [6.07, 6.45) is -0.0833. The number of Topliss-reactive ketones (excluding diaryl/α,β-unsaturated/α-hetero) is 4. The number of phenolic OH excluding ortho intramolecular Hbond substituents is 1. The van der Waals surface area contributed by atoms with Crippen LogP contribution in [0.2, 0.25) is 0 Å². The van der Waals surface area contributed by atoms with Gasteiger partial charge in [-0.2, -0.15) is 0 Å². The molecule has 2 aromatic carbocycles. The molecule has 5 atom stereocenters. The molecule has 0 saturated heterocycles. The van der Waals surface area contributed by atoms with Gasteiger partial charge in [-0.1, -0.05) is 31.8 Å². The quantitative estimate of drug-likeness (QED) is 0.390. The van der Waals surface area contributed by atoms with E-state index in [1.54, 1.807) is 30.3 Å². The summed E-state index contributed by atoms with van der Waals surface area (Å²) < 4.78 is 5.23. The van der Waals surface area contributed by atoms with Gasteiger partial charge in [0.25, 0.3) is 0 Å². The van der Waals surface area contributed by atoms with E-state index < -0.39 is 58.3 Å². The van der Waals surface area contributed by atoms with Crippen molar-refractivity contribution in [3.63, 3.8) is 0 Å². The van der Waals surface area contributed by atoms with Crippen LogP contribution in [0.5, 0.6) is 11.5 Å². The van der Waals surface area contributed by atoms with Crippen LogP contribution in [0.3, 0.4) is 0 Å². The number of primary amides is 1. The Hall–Kier alpha value is -4.29. The largest absolute Gasteiger partial charge is 0.506 e. The monoisotopic (exact) mass is 543 g/mol. The second-order valence-corrected chi connectivity index (χ2v) is 11.1. The molecule has 9 nitrogen and oxygen atoms in total. The van der Waals surface area contributed by atoms with Gasteiger partial charge in [0.15, 0.2) is 34.7 Å². The van der Waals surface area contributed by atoms with E-state index in [1.807, 2.05) is 13.8 Å². The van der Waals surface area contributed by atoms with Gasteiger partial charge in [-0.05, 0) is 60.1 Å². The summed E-state index contributed by atoms with van der Waals surface area (Å²) in [5, 5.41) is 22.7. The molecule has 206 valence electrons. The van der Waals surface area contributed by atoms with E-state index in [9.17, 15) is 34.2 Å². The maximum atomic E-state index is 13.9. The summed E-state index contributed by atoms with van der Waals surface area (Å²) in [7, 11) is 1.54. The van der Waals surface area contributed by atoms with Gasteiger partial charge < -0.3 is 20.7 Å². The first kappa shape index (κ1) is 27.3. The highest BCUT2D eigenvalue weighted by atomic mass is 16.5. The van der Waals surface area contributed by atoms with Crippen LogP contribution in [0, 0.1) is 35.5 Å². The number of benzene rings is 2. The Morgan fingerprint density at radius 3 is 2.48 bits per heavy atom. The smallest absolute Gasteiger partial charge is 0.235 e. The van der Waals surface area contributed by atoms with Gasteiger partial charge in [0, 0.05) is 17.9 Å². The molecule has 40 heavy (non-hydrogen) atoms. The molecule has 2 unspecified atom stereocenters. The Morgan fingerprint density at radius 1 is 1.10 bits per heavy atom. The number of hydrogen-bond donors (Lipinski definition) is 3. The fourth-order valence-electron chi connectivity index (χ4n) is 6.51. The van der Waals surface area contributed by atoms with E-state index in [-0.39, 0.29) is 42.1 Å². The Kier molecular flexibility index (Phi) is 6.63. The van der Waals surface area contributed by atoms with Crippen LogP contribution in [-0.4, -0.2) is 52.0 Å². The van der Waals surface area contributed by atoms with Crippen molar-refractivity contribution in [2.24, 2.45) is 29.4 Å². The molecule has 0 aliphatic heterocycles. The Balaban J connectivity index is 1.61. The van der Waals surface area contributed by atoms with Gasteiger partial charge in [-0.15, -0.1) is 0 Å². The topological polar surface area (TPSA) is 161 Å². The number of phenols is 1. The number of methoxy groups -OCH3 is 1. The average Bonchev–Trinajstić information content (AvgIpc) is 2.90. The first-order chi connectivity index (χ1) is 18.9. The highest BCUT2D eigenvalue weighted by Crippen LogP contribution is 2.51. The molecule has 0 aromatic heterocycles. The Labute approximate surface area is 230 Å². The number of amides is 1. The van der Waals surface area contributed by atoms with Gasteiger partial charge in [0.1, 0.15) is 11.5 Å². The first-order valence-electron chi connectivity index (χ1n) is 13.1. The first-order valence-corrected chi connectivity index (χ1v) is 13.1. The minimum atomic E-state index is -2.68. The maximum absolute atomic E-state index is 13.9. The maximum Gasteiger partial charge on any atom is 0.235 e. The lowest BCUT2D eigenvalue weighted by atomic mass is 9.53. The number of ketones is 4. The number of carbonyl (C=O) groups is 5. The van der Waals surface area contributed by atoms with Gasteiger partial charge in [0.05, 0.1) is 24.2 Å². The van der Waals surface area contributed by atoms with Gasteiger partial charge in [-0.3, -0.25) is 24.0 Å². The third-order valence-electron chi connectivity index (χ3n) is 8.47. The summed E-state index contributed by atoms with van der Waals surface area (Å²) in [6, 6.07) is 8.78. The summed E-state index contributed by atoms with van der Waals surface area (Å²) in [5.74, 6) is -3.95. The second-order valence-electron chi connectivity index (χ2n) is 11.1. The summed E-state index contributed by atoms with van der Waals surface area (Å²) >= 11 is 0. The number of ether oxygens (including phenoxy) is 1. The van der Waals surface area contributed by atoms with Crippen LogP contribution < -0.4 is 10.5 Å². The molecule has 0 spiro atoms. The van der Waals surface area contributed by atoms with Crippen molar-refractivity contribution in [2.45, 2.75) is 44.6 Å². The summed E-state index contributed by atoms with van der Waals surface area (Å²) in [5.41, 5.74) is 4.71. The molecule has 0 heterocycles. The van der Waals surface area contributed by atoms with E-state index in [0.29, 0.717) is 16.9 Å². The zero-order chi connectivity index (χ0) is 29.1. The van der Waals surface area contributed by atoms with Crippen LogP contribution in [0.4, 0.5) is 0 Å². The summed E-state index contributed by atoms with van der Waals surface area (Å²) in [6.45, 7) is 3.88. The number of aromatic hydroxyl groups is 1. The van der Waals surface area contributed by atoms with Gasteiger partial charge in [0.2, 0.25) is 5.91 Å². The number of hydrogen-bond acceptors (Lipinski definition) is 8. The van der Waals surface area contributed by atoms with Crippen molar-refractivity contribution in [3.05, 3.63) is 58.1 Å². The molecular formula is C31H29NO8. The number of rotatable bonds is 3. The SMILES string of the molecule is COc1cccc(C#Cc2cc(C(C)C)c3c(c2O)C(=O)C2C(=O)[C@]4(O)C(=O)C(C(N)=O)C(=O)C[C@@H]4C[C@@H]2C3)c1. The predicted octanol–water partition coefficient (Wildman–Crippen LogP) is 1.86. The molecule has 3 aliphatic rings. The number of nitrogens with two attached hydrogens (primary N) is 1. The molecule has 1 amide bonds. The van der Waals surface area contributed by atoms with E-state index in [1.165, 1.54) is 7.11 Å². The van der Waals surface area contributed by atoms with Crippen LogP contribution in [0.15, 0.2) is 30.3 Å². The third kappa shape index (κ3) is 4.02. The van der Waals surface area contributed by atoms with E-state index in [0.717, 1.165) is 5.56 Å². The predicted molar refractivity (Wildman–Crippen MR) is 142 cm³/mol. The normalized spacial score (nSPS) is 27.3. The van der Waals surface area contributed by atoms with E-state index in [2.05, 4.69) is 11.8 Å². The molecule has 0 bridgehead atoms. The lowest BCUT2D eigenvalue weighted by Crippen LogP contribution is -2.68. The second kappa shape index (κ2) is 9.72. The van der Waals surface area contributed by atoms with Crippen LogP contribution in [-0.2, 0) is 25.6 Å². The van der Waals surface area contributed by atoms with Crippen molar-refractivity contribution in [1.29, 1.82) is 0 Å². The van der Waals surface area contributed by atoms with Crippen molar-refractivity contribution >= 4 is 29.0 Å². The fourth-order valence-corrected chi connectivity index (χ4v) is 6.51. The highest BCUT2D eigenvalue weighted by molar-refractivity contribution is 6.31. The molecule has 4 N–H and O–H groups in total. The lowest BCUT2D eigenvalue weighted by molar-refractivity contribution is -0.175. The van der Waals surface area contributed by atoms with E-state index >= 15 is 0 Å². The Bertz CT molecular complexity index is 1560. The minimum absolute atomic E-state index is 0.0522. The molecule has 5 rings (SSSR count). The minimum Gasteiger partial charge on any atom is -0.506 e. The van der Waals surface area contributed by atoms with Crippen molar-refractivity contribution in [1.82, 2.24) is 0 Å². The number of carbonyl (C=O) groups excluding carboxylic acids is 5. The molecule has 2 fully saturated rings. The van der Waals surface area contributed by atoms with E-state index in [4.69, 9.17) is 10.5 Å². The van der Waals surface area contributed by atoms with Crippen molar-refractivity contribution in [2.75, 3.05) is 7.11 Å². The highest BCUT2D eigenvalue weighted by Gasteiger charge is 2.66. The number of fused-ring (bicyclic) bond motifs is 3. The average molecular weight is 544 g/mol. The van der Waals surface area contributed by atoms with Crippen molar-refractivity contribution in [3.8, 4) is 23.3 Å². The van der Waals surface area contributed by atoms with Gasteiger partial charge in [-0.25, -0.2) is 0 Å². The van der Waals surface area contributed by atoms with Crippen molar-refractivity contribution < 1.29 is 38.9 Å². The molecule has 9 heteroatoms. The van der Waals surface area contributed by atoms with Crippen LogP contribution >= 0.6 is 0 Å². The standard InChI is InChI=1S/C31H29NO8/c1-14(2)20-11-16(8-7-15-5-4-6-19(9-15)40-3)26(34)24-21(20)12-17-10-18-13-22(33)25(30(32)38)29(37)31(18,39)28(36)23(17)27(24)35/h4-6,9,11,14,17-18,23,25,34,39H,10,12-13H2,1-3H3,(H2,32,38)/t17-,18+,23?,25?,31+/m1/s1. The zero-order valence-corrected chi connectivity index (χ0v) is 22.3. The Morgan fingerprint density at radius 2 is 1.82 bits per heavy atom. The molecular weight excluding hydrogens is 514 g/mol. The molecule has 2 aromatic rings. The fraction of sp³-hybridized carbons (Fsp3) is 0.387. The summed E-state index contributed by atoms with van der Waals surface area (Å²) in [4.78, 5) is 65.2. The number of aliphatic hydroxyl groups is 1. The van der Waals surface area contributed by atoms with Crippen LogP contribution in [0.1, 0.15) is 65.2 Å².